The summed E-state index contributed by atoms with van der Waals surface area (Å²) in [7, 11) is 0. The summed E-state index contributed by atoms with van der Waals surface area (Å²) in [5.41, 5.74) is 12.7. The maximum Gasteiger partial charge on any atom is 0.239 e. The Morgan fingerprint density at radius 3 is 2.53 bits per heavy atom. The molecule has 19 heavy (non-hydrogen) atoms. The first-order valence-electron chi connectivity index (χ1n) is 6.76. The van der Waals surface area contributed by atoms with Crippen molar-refractivity contribution in [3.8, 4) is 0 Å². The van der Waals surface area contributed by atoms with Gasteiger partial charge in [0.1, 0.15) is 6.04 Å². The summed E-state index contributed by atoms with van der Waals surface area (Å²) in [6.07, 6.45) is 0.892. The summed E-state index contributed by atoms with van der Waals surface area (Å²) in [6, 6.07) is 9.55. The van der Waals surface area contributed by atoms with Gasteiger partial charge in [0.25, 0.3) is 0 Å². The Hall–Kier alpha value is -1.39. The third-order valence-corrected chi connectivity index (χ3v) is 4.09. The van der Waals surface area contributed by atoms with Crippen LogP contribution in [-0.4, -0.2) is 29.9 Å². The van der Waals surface area contributed by atoms with Gasteiger partial charge < -0.3 is 11.5 Å². The minimum absolute atomic E-state index is 0.000725. The molecule has 1 saturated heterocycles. The Morgan fingerprint density at radius 1 is 1.37 bits per heavy atom. The van der Waals surface area contributed by atoms with Gasteiger partial charge in [-0.3, -0.25) is 9.69 Å². The SMILES string of the molecule is CC1(C)CN(C(C(N)=O)c2ccccc2)CCC1N. The lowest BCUT2D eigenvalue weighted by molar-refractivity contribution is -0.125. The predicted octanol–water partition coefficient (Wildman–Crippen LogP) is 1.27. The molecule has 4 N–H and O–H groups in total. The summed E-state index contributed by atoms with van der Waals surface area (Å²) >= 11 is 0. The largest absolute Gasteiger partial charge is 0.368 e. The highest BCUT2D eigenvalue weighted by Crippen LogP contribution is 2.32. The molecule has 1 fully saturated rings. The number of nitrogens with two attached hydrogens (primary N) is 2. The number of amides is 1. The van der Waals surface area contributed by atoms with Crippen LogP contribution in [0.15, 0.2) is 30.3 Å². The Balaban J connectivity index is 2.24. The molecule has 1 aromatic carbocycles. The van der Waals surface area contributed by atoms with E-state index >= 15 is 0 Å². The van der Waals surface area contributed by atoms with Crippen molar-refractivity contribution >= 4 is 5.91 Å². The lowest BCUT2D eigenvalue weighted by Gasteiger charge is -2.45. The van der Waals surface area contributed by atoms with Gasteiger partial charge >= 0.3 is 0 Å². The van der Waals surface area contributed by atoms with Gasteiger partial charge in [0.15, 0.2) is 0 Å². The molecule has 0 radical (unpaired) electrons. The maximum absolute atomic E-state index is 11.8. The second-order valence-corrected chi connectivity index (χ2v) is 6.07. The van der Waals surface area contributed by atoms with Crippen molar-refractivity contribution in [3.63, 3.8) is 0 Å². The number of piperidine rings is 1. The highest BCUT2D eigenvalue weighted by Gasteiger charge is 2.38. The zero-order valence-corrected chi connectivity index (χ0v) is 11.7. The minimum atomic E-state index is -0.354. The van der Waals surface area contributed by atoms with Crippen molar-refractivity contribution in [3.05, 3.63) is 35.9 Å². The number of carbonyl (C=O) groups is 1. The monoisotopic (exact) mass is 261 g/mol. The van der Waals surface area contributed by atoms with Crippen LogP contribution < -0.4 is 11.5 Å². The number of hydrogen-bond donors (Lipinski definition) is 2. The molecule has 0 saturated carbocycles. The standard InChI is InChI=1S/C15H23N3O/c1-15(2)10-18(9-8-12(15)16)13(14(17)19)11-6-4-3-5-7-11/h3-7,12-13H,8-10,16H2,1-2H3,(H2,17,19). The number of hydrogen-bond acceptors (Lipinski definition) is 3. The second kappa shape index (κ2) is 5.31. The third-order valence-electron chi connectivity index (χ3n) is 4.09. The molecule has 0 spiro atoms. The van der Waals surface area contributed by atoms with Crippen LogP contribution in [0.25, 0.3) is 0 Å². The van der Waals surface area contributed by atoms with Crippen LogP contribution in [0.4, 0.5) is 0 Å². The van der Waals surface area contributed by atoms with Crippen LogP contribution in [0.5, 0.6) is 0 Å². The van der Waals surface area contributed by atoms with E-state index in [0.717, 1.165) is 25.1 Å². The molecule has 1 heterocycles. The van der Waals surface area contributed by atoms with E-state index in [4.69, 9.17) is 11.5 Å². The third kappa shape index (κ3) is 2.96. The molecular formula is C15H23N3O. The normalized spacial score (nSPS) is 24.9. The molecule has 1 aromatic rings. The molecule has 2 rings (SSSR count). The molecule has 1 aliphatic heterocycles. The van der Waals surface area contributed by atoms with Gasteiger partial charge in [0, 0.05) is 19.1 Å². The lowest BCUT2D eigenvalue weighted by Crippen LogP contribution is -2.54. The minimum Gasteiger partial charge on any atom is -0.368 e. The predicted molar refractivity (Wildman–Crippen MR) is 76.3 cm³/mol. The molecule has 0 aliphatic carbocycles. The van der Waals surface area contributed by atoms with Crippen molar-refractivity contribution in [1.29, 1.82) is 0 Å². The summed E-state index contributed by atoms with van der Waals surface area (Å²) in [5.74, 6) is -0.294. The maximum atomic E-state index is 11.8. The van der Waals surface area contributed by atoms with Crippen LogP contribution >= 0.6 is 0 Å². The molecule has 4 nitrogen and oxygen atoms in total. The first-order valence-corrected chi connectivity index (χ1v) is 6.76. The highest BCUT2D eigenvalue weighted by molar-refractivity contribution is 5.81. The fraction of sp³-hybridized carbons (Fsp3) is 0.533. The smallest absolute Gasteiger partial charge is 0.239 e. The van der Waals surface area contributed by atoms with Gasteiger partial charge in [-0.05, 0) is 17.4 Å². The Kier molecular flexibility index (Phi) is 3.92. The molecule has 1 amide bonds. The van der Waals surface area contributed by atoms with E-state index in [1.165, 1.54) is 0 Å². The van der Waals surface area contributed by atoms with E-state index < -0.39 is 0 Å². The molecular weight excluding hydrogens is 238 g/mol. The zero-order valence-electron chi connectivity index (χ0n) is 11.7. The van der Waals surface area contributed by atoms with Crippen LogP contribution in [0, 0.1) is 5.41 Å². The van der Waals surface area contributed by atoms with E-state index in [0.29, 0.717) is 0 Å². The Labute approximate surface area is 114 Å². The van der Waals surface area contributed by atoms with Gasteiger partial charge in [-0.1, -0.05) is 44.2 Å². The van der Waals surface area contributed by atoms with E-state index in [1.807, 2.05) is 30.3 Å². The molecule has 2 unspecified atom stereocenters. The van der Waals surface area contributed by atoms with E-state index in [1.54, 1.807) is 0 Å². The summed E-state index contributed by atoms with van der Waals surface area (Å²) in [6.45, 7) is 5.89. The van der Waals surface area contributed by atoms with Crippen molar-refractivity contribution in [1.82, 2.24) is 4.90 Å². The first-order chi connectivity index (χ1) is 8.92. The fourth-order valence-corrected chi connectivity index (χ4v) is 2.83. The number of benzene rings is 1. The Morgan fingerprint density at radius 2 is 2.00 bits per heavy atom. The number of primary amides is 1. The molecule has 0 aromatic heterocycles. The molecule has 2 atom stereocenters. The van der Waals surface area contributed by atoms with Gasteiger partial charge in [-0.15, -0.1) is 0 Å². The van der Waals surface area contributed by atoms with Crippen molar-refractivity contribution in [2.75, 3.05) is 13.1 Å². The number of rotatable bonds is 3. The van der Waals surface area contributed by atoms with Crippen LogP contribution in [-0.2, 0) is 4.79 Å². The van der Waals surface area contributed by atoms with Crippen molar-refractivity contribution in [2.24, 2.45) is 16.9 Å². The van der Waals surface area contributed by atoms with Gasteiger partial charge in [-0.2, -0.15) is 0 Å². The topological polar surface area (TPSA) is 72.3 Å². The van der Waals surface area contributed by atoms with Crippen molar-refractivity contribution in [2.45, 2.75) is 32.4 Å². The fourth-order valence-electron chi connectivity index (χ4n) is 2.83. The highest BCUT2D eigenvalue weighted by atomic mass is 16.1. The van der Waals surface area contributed by atoms with Gasteiger partial charge in [0.05, 0.1) is 0 Å². The summed E-state index contributed by atoms with van der Waals surface area (Å²) in [4.78, 5) is 14.0. The molecule has 104 valence electrons. The molecule has 0 bridgehead atoms. The Bertz CT molecular complexity index is 444. The zero-order chi connectivity index (χ0) is 14.0. The average Bonchev–Trinajstić information content (AvgIpc) is 2.34. The second-order valence-electron chi connectivity index (χ2n) is 6.07. The van der Waals surface area contributed by atoms with Crippen LogP contribution in [0.2, 0.25) is 0 Å². The lowest BCUT2D eigenvalue weighted by atomic mass is 9.79. The van der Waals surface area contributed by atoms with Crippen molar-refractivity contribution < 1.29 is 4.79 Å². The first kappa shape index (κ1) is 14.0. The summed E-state index contributed by atoms with van der Waals surface area (Å²) < 4.78 is 0. The molecule has 1 aliphatic rings. The average molecular weight is 261 g/mol. The number of nitrogens with zero attached hydrogens (tertiary/aromatic N) is 1. The van der Waals surface area contributed by atoms with Crippen LogP contribution in [0.3, 0.4) is 0 Å². The number of carbonyl (C=O) groups excluding carboxylic acids is 1. The number of likely N-dealkylation sites (tertiary alicyclic amines) is 1. The van der Waals surface area contributed by atoms with Crippen LogP contribution in [0.1, 0.15) is 31.9 Å². The van der Waals surface area contributed by atoms with E-state index in [9.17, 15) is 4.79 Å². The van der Waals surface area contributed by atoms with Gasteiger partial charge in [0.2, 0.25) is 5.91 Å². The van der Waals surface area contributed by atoms with Gasteiger partial charge in [-0.25, -0.2) is 0 Å². The quantitative estimate of drug-likeness (QED) is 0.860. The molecule has 4 heteroatoms. The summed E-state index contributed by atoms with van der Waals surface area (Å²) in [5, 5.41) is 0. The van der Waals surface area contributed by atoms with E-state index in [2.05, 4.69) is 18.7 Å². The van der Waals surface area contributed by atoms with E-state index in [-0.39, 0.29) is 23.4 Å².